The molecule has 0 spiro atoms. The van der Waals surface area contributed by atoms with Crippen LogP contribution in [-0.4, -0.2) is 28.1 Å². The number of aryl methyl sites for hydroxylation is 1. The first-order valence-electron chi connectivity index (χ1n) is 6.49. The summed E-state index contributed by atoms with van der Waals surface area (Å²) in [6, 6.07) is 1.64. The molecule has 0 aliphatic rings. The Morgan fingerprint density at radius 2 is 2.00 bits per heavy atom. The molecule has 0 aromatic carbocycles. The minimum Gasteiger partial charge on any atom is -0.478 e. The minimum atomic E-state index is -0.927. The van der Waals surface area contributed by atoms with E-state index in [1.54, 1.807) is 13.0 Å². The van der Waals surface area contributed by atoms with E-state index in [9.17, 15) is 9.59 Å². The highest BCUT2D eigenvalue weighted by molar-refractivity contribution is 5.89. The molecule has 1 amide bonds. The van der Waals surface area contributed by atoms with Gasteiger partial charge >= 0.3 is 5.97 Å². The molecule has 0 atom stereocenters. The van der Waals surface area contributed by atoms with E-state index in [2.05, 4.69) is 5.32 Å². The second-order valence-electron chi connectivity index (χ2n) is 5.19. The Balaban J connectivity index is 2.63. The third-order valence-corrected chi connectivity index (χ3v) is 3.07. The van der Waals surface area contributed by atoms with E-state index < -0.39 is 5.97 Å². The summed E-state index contributed by atoms with van der Waals surface area (Å²) in [5.41, 5.74) is 1.87. The predicted octanol–water partition coefficient (Wildman–Crippen LogP) is 1.97. The van der Waals surface area contributed by atoms with Crippen molar-refractivity contribution in [3.63, 3.8) is 0 Å². The third kappa shape index (κ3) is 4.12. The van der Waals surface area contributed by atoms with Crippen LogP contribution >= 0.6 is 0 Å². The van der Waals surface area contributed by atoms with Crippen LogP contribution in [0.25, 0.3) is 0 Å². The number of aromatic carboxylic acids is 1. The number of hydrogen-bond donors (Lipinski definition) is 2. The Morgan fingerprint density at radius 3 is 2.47 bits per heavy atom. The summed E-state index contributed by atoms with van der Waals surface area (Å²) in [5, 5.41) is 11.9. The van der Waals surface area contributed by atoms with E-state index in [0.717, 1.165) is 5.69 Å². The van der Waals surface area contributed by atoms with Gasteiger partial charge in [-0.05, 0) is 25.8 Å². The van der Waals surface area contributed by atoms with Crippen LogP contribution in [0.3, 0.4) is 0 Å². The van der Waals surface area contributed by atoms with Gasteiger partial charge in [0.1, 0.15) is 0 Å². The minimum absolute atomic E-state index is 0.00178. The first-order valence-corrected chi connectivity index (χ1v) is 6.49. The van der Waals surface area contributed by atoms with Crippen LogP contribution in [0.1, 0.15) is 42.0 Å². The van der Waals surface area contributed by atoms with Gasteiger partial charge in [-0.2, -0.15) is 0 Å². The smallest absolute Gasteiger partial charge is 0.337 e. The highest BCUT2D eigenvalue weighted by Crippen LogP contribution is 2.15. The Bertz CT molecular complexity index is 475. The van der Waals surface area contributed by atoms with Crippen molar-refractivity contribution in [3.05, 3.63) is 23.0 Å². The molecular weight excluding hydrogens is 244 g/mol. The van der Waals surface area contributed by atoms with E-state index in [1.165, 1.54) is 0 Å². The number of carbonyl (C=O) groups excluding carboxylic acids is 1. The van der Waals surface area contributed by atoms with Crippen LogP contribution in [0.2, 0.25) is 0 Å². The van der Waals surface area contributed by atoms with Gasteiger partial charge in [0, 0.05) is 30.9 Å². The monoisotopic (exact) mass is 266 g/mol. The summed E-state index contributed by atoms with van der Waals surface area (Å²) < 4.78 is 1.87. The fourth-order valence-electron chi connectivity index (χ4n) is 1.98. The van der Waals surface area contributed by atoms with Gasteiger partial charge in [0.15, 0.2) is 0 Å². The van der Waals surface area contributed by atoms with Crippen molar-refractivity contribution >= 4 is 11.9 Å². The van der Waals surface area contributed by atoms with Crippen molar-refractivity contribution in [2.75, 3.05) is 6.54 Å². The molecule has 5 heteroatoms. The zero-order valence-corrected chi connectivity index (χ0v) is 12.0. The number of carbonyl (C=O) groups is 2. The van der Waals surface area contributed by atoms with Crippen molar-refractivity contribution in [1.82, 2.24) is 9.88 Å². The Kier molecular flexibility index (Phi) is 5.15. The molecule has 19 heavy (non-hydrogen) atoms. The van der Waals surface area contributed by atoms with Crippen LogP contribution in [0.4, 0.5) is 0 Å². The third-order valence-electron chi connectivity index (χ3n) is 3.07. The lowest BCUT2D eigenvalue weighted by Crippen LogP contribution is -2.28. The van der Waals surface area contributed by atoms with Gasteiger partial charge in [0.2, 0.25) is 5.91 Å². The molecule has 0 saturated heterocycles. The summed E-state index contributed by atoms with van der Waals surface area (Å²) in [6.07, 6.45) is 0.363. The van der Waals surface area contributed by atoms with Gasteiger partial charge in [-0.3, -0.25) is 4.79 Å². The SMILES string of the molecule is Cc1cc(C(=O)O)c(C)n1CCC(=O)NCC(C)C. The lowest BCUT2D eigenvalue weighted by Gasteiger charge is -2.11. The molecule has 1 heterocycles. The molecule has 0 fully saturated rings. The zero-order valence-electron chi connectivity index (χ0n) is 12.0. The number of carboxylic acids is 1. The maximum Gasteiger partial charge on any atom is 0.337 e. The highest BCUT2D eigenvalue weighted by atomic mass is 16.4. The molecule has 1 aromatic heterocycles. The standard InChI is InChI=1S/C14H22N2O3/c1-9(2)8-15-13(17)5-6-16-10(3)7-12(11(16)4)14(18)19/h7,9H,5-6,8H2,1-4H3,(H,15,17)(H,18,19). The van der Waals surface area contributed by atoms with Crippen LogP contribution in [0.5, 0.6) is 0 Å². The molecule has 5 nitrogen and oxygen atoms in total. The van der Waals surface area contributed by atoms with Crippen LogP contribution in [0, 0.1) is 19.8 Å². The number of rotatable bonds is 6. The Morgan fingerprint density at radius 1 is 1.37 bits per heavy atom. The molecule has 2 N–H and O–H groups in total. The number of carboxylic acid groups (broad SMARTS) is 1. The topological polar surface area (TPSA) is 71.3 Å². The number of nitrogens with one attached hydrogen (secondary N) is 1. The van der Waals surface area contributed by atoms with Crippen molar-refractivity contribution in [1.29, 1.82) is 0 Å². The van der Waals surface area contributed by atoms with Crippen molar-refractivity contribution in [3.8, 4) is 0 Å². The molecule has 1 aromatic rings. The van der Waals surface area contributed by atoms with Gasteiger partial charge < -0.3 is 15.0 Å². The summed E-state index contributed by atoms with van der Waals surface area (Å²) in [4.78, 5) is 22.7. The Labute approximate surface area is 113 Å². The second-order valence-corrected chi connectivity index (χ2v) is 5.19. The molecule has 106 valence electrons. The molecule has 0 aliphatic heterocycles. The number of nitrogens with zero attached hydrogens (tertiary/aromatic N) is 1. The van der Waals surface area contributed by atoms with E-state index >= 15 is 0 Å². The van der Waals surface area contributed by atoms with E-state index in [1.807, 2.05) is 25.3 Å². The van der Waals surface area contributed by atoms with Crippen molar-refractivity contribution in [2.24, 2.45) is 5.92 Å². The fourth-order valence-corrected chi connectivity index (χ4v) is 1.98. The normalized spacial score (nSPS) is 10.8. The first-order chi connectivity index (χ1) is 8.82. The van der Waals surface area contributed by atoms with Gasteiger partial charge in [0.05, 0.1) is 5.56 Å². The van der Waals surface area contributed by atoms with Crippen LogP contribution < -0.4 is 5.32 Å². The average molecular weight is 266 g/mol. The van der Waals surface area contributed by atoms with E-state index in [4.69, 9.17) is 5.11 Å². The van der Waals surface area contributed by atoms with E-state index in [-0.39, 0.29) is 5.91 Å². The molecule has 0 saturated carbocycles. The van der Waals surface area contributed by atoms with Crippen LogP contribution in [0.15, 0.2) is 6.07 Å². The molecule has 0 unspecified atom stereocenters. The first kappa shape index (κ1) is 15.3. The van der Waals surface area contributed by atoms with Gasteiger partial charge in [0.25, 0.3) is 0 Å². The maximum absolute atomic E-state index is 11.6. The van der Waals surface area contributed by atoms with Crippen molar-refractivity contribution in [2.45, 2.75) is 40.7 Å². The lowest BCUT2D eigenvalue weighted by molar-refractivity contribution is -0.121. The quantitative estimate of drug-likeness (QED) is 0.827. The van der Waals surface area contributed by atoms with Crippen molar-refractivity contribution < 1.29 is 14.7 Å². The average Bonchev–Trinajstić information content (AvgIpc) is 2.60. The van der Waals surface area contributed by atoms with E-state index in [0.29, 0.717) is 36.7 Å². The number of hydrogen-bond acceptors (Lipinski definition) is 2. The summed E-state index contributed by atoms with van der Waals surface area (Å²) in [7, 11) is 0. The molecule has 0 radical (unpaired) electrons. The zero-order chi connectivity index (χ0) is 14.6. The number of aromatic nitrogens is 1. The van der Waals surface area contributed by atoms with Gasteiger partial charge in [-0.25, -0.2) is 4.79 Å². The Hall–Kier alpha value is -1.78. The molecule has 0 aliphatic carbocycles. The largest absolute Gasteiger partial charge is 0.478 e. The fraction of sp³-hybridized carbons (Fsp3) is 0.571. The number of amides is 1. The highest BCUT2D eigenvalue weighted by Gasteiger charge is 2.15. The van der Waals surface area contributed by atoms with Gasteiger partial charge in [-0.15, -0.1) is 0 Å². The van der Waals surface area contributed by atoms with Crippen LogP contribution in [-0.2, 0) is 11.3 Å². The molecular formula is C14H22N2O3. The summed E-state index contributed by atoms with van der Waals surface area (Å²) >= 11 is 0. The molecule has 1 rings (SSSR count). The molecule has 0 bridgehead atoms. The second kappa shape index (κ2) is 6.41. The predicted molar refractivity (Wildman–Crippen MR) is 73.3 cm³/mol. The maximum atomic E-state index is 11.6. The van der Waals surface area contributed by atoms with Gasteiger partial charge in [-0.1, -0.05) is 13.8 Å². The lowest BCUT2D eigenvalue weighted by atomic mass is 10.2. The summed E-state index contributed by atoms with van der Waals surface area (Å²) in [5.74, 6) is -0.501. The summed E-state index contributed by atoms with van der Waals surface area (Å²) in [6.45, 7) is 8.88.